The predicted octanol–water partition coefficient (Wildman–Crippen LogP) is 1.86. The Morgan fingerprint density at radius 1 is 1.18 bits per heavy atom. The summed E-state index contributed by atoms with van der Waals surface area (Å²) in [5.41, 5.74) is -0.0278. The van der Waals surface area contributed by atoms with Crippen molar-refractivity contribution in [1.29, 1.82) is 0 Å². The maximum absolute atomic E-state index is 11.0. The molecule has 8 heteroatoms. The molecule has 0 unspecified atom stereocenters. The van der Waals surface area contributed by atoms with E-state index in [1.807, 2.05) is 0 Å². The Labute approximate surface area is 127 Å². The number of hydrogen-bond acceptors (Lipinski definition) is 7. The van der Waals surface area contributed by atoms with Crippen LogP contribution in [0.1, 0.15) is 20.3 Å². The van der Waals surface area contributed by atoms with Gasteiger partial charge in [0.1, 0.15) is 18.5 Å². The minimum absolute atomic E-state index is 0.0278. The summed E-state index contributed by atoms with van der Waals surface area (Å²) < 4.78 is 15.2. The second-order valence-corrected chi connectivity index (χ2v) is 4.42. The Bertz CT molecular complexity index is 526. The second kappa shape index (κ2) is 8.60. The van der Waals surface area contributed by atoms with Crippen molar-refractivity contribution < 1.29 is 28.7 Å². The van der Waals surface area contributed by atoms with Gasteiger partial charge in [-0.2, -0.15) is 0 Å². The molecule has 0 radical (unpaired) electrons. The van der Waals surface area contributed by atoms with Gasteiger partial charge in [0.15, 0.2) is 0 Å². The summed E-state index contributed by atoms with van der Waals surface area (Å²) >= 11 is 0. The van der Waals surface area contributed by atoms with Gasteiger partial charge in [-0.25, -0.2) is 0 Å². The lowest BCUT2D eigenvalue weighted by atomic mass is 10.2. The zero-order valence-electron chi connectivity index (χ0n) is 12.3. The second-order valence-electron chi connectivity index (χ2n) is 4.42. The van der Waals surface area contributed by atoms with E-state index in [4.69, 9.17) is 14.2 Å². The fourth-order valence-electron chi connectivity index (χ4n) is 1.59. The highest BCUT2D eigenvalue weighted by molar-refractivity contribution is 5.67. The molecule has 1 aromatic carbocycles. The molecular formula is C14H17NO7. The number of rotatable bonds is 8. The van der Waals surface area contributed by atoms with Gasteiger partial charge in [-0.1, -0.05) is 0 Å². The van der Waals surface area contributed by atoms with Crippen molar-refractivity contribution in [1.82, 2.24) is 0 Å². The van der Waals surface area contributed by atoms with E-state index >= 15 is 0 Å². The molecule has 0 spiro atoms. The average Bonchev–Trinajstić information content (AvgIpc) is 2.44. The number of esters is 2. The van der Waals surface area contributed by atoms with E-state index in [0.717, 1.165) is 0 Å². The van der Waals surface area contributed by atoms with E-state index < -0.39 is 23.0 Å². The summed E-state index contributed by atoms with van der Waals surface area (Å²) in [7, 11) is 0. The van der Waals surface area contributed by atoms with Crippen molar-refractivity contribution in [3.8, 4) is 5.75 Å². The van der Waals surface area contributed by atoms with Crippen molar-refractivity contribution in [3.05, 3.63) is 34.4 Å². The molecule has 22 heavy (non-hydrogen) atoms. The summed E-state index contributed by atoms with van der Waals surface area (Å²) in [5, 5.41) is 10.5. The third-order valence-electron chi connectivity index (χ3n) is 2.56. The van der Waals surface area contributed by atoms with Gasteiger partial charge in [0.25, 0.3) is 5.69 Å². The van der Waals surface area contributed by atoms with Gasteiger partial charge in [-0.05, 0) is 12.1 Å². The van der Waals surface area contributed by atoms with Crippen LogP contribution in [0.15, 0.2) is 24.3 Å². The van der Waals surface area contributed by atoms with E-state index in [1.165, 1.54) is 38.1 Å². The summed E-state index contributed by atoms with van der Waals surface area (Å²) in [4.78, 5) is 31.8. The first kappa shape index (κ1) is 17.4. The molecule has 8 nitrogen and oxygen atoms in total. The third-order valence-corrected chi connectivity index (χ3v) is 2.56. The van der Waals surface area contributed by atoms with Crippen LogP contribution < -0.4 is 4.74 Å². The zero-order valence-corrected chi connectivity index (χ0v) is 12.3. The molecule has 0 aliphatic rings. The molecule has 0 saturated heterocycles. The van der Waals surface area contributed by atoms with Gasteiger partial charge < -0.3 is 14.2 Å². The lowest BCUT2D eigenvalue weighted by Crippen LogP contribution is -2.25. The Balaban J connectivity index is 2.45. The number of nitrogens with zero attached hydrogens (tertiary/aromatic N) is 1. The standard InChI is InChI=1S/C14H17NO7/c1-10(16)21-9-14(22-11(2)17)7-8-20-13-5-3-12(4-6-13)15(18)19/h3-6,14H,7-9H2,1-2H3/t14-/m0/s1. The Morgan fingerprint density at radius 3 is 2.32 bits per heavy atom. The number of ether oxygens (including phenoxy) is 3. The Morgan fingerprint density at radius 2 is 1.82 bits per heavy atom. The van der Waals surface area contributed by atoms with E-state index in [9.17, 15) is 19.7 Å². The first-order valence-electron chi connectivity index (χ1n) is 6.56. The molecule has 0 N–H and O–H groups in total. The van der Waals surface area contributed by atoms with Crippen molar-refractivity contribution in [2.75, 3.05) is 13.2 Å². The van der Waals surface area contributed by atoms with Gasteiger partial charge in [-0.15, -0.1) is 0 Å². The van der Waals surface area contributed by atoms with Crippen LogP contribution in [0.4, 0.5) is 5.69 Å². The lowest BCUT2D eigenvalue weighted by molar-refractivity contribution is -0.384. The van der Waals surface area contributed by atoms with Gasteiger partial charge in [0.2, 0.25) is 0 Å². The smallest absolute Gasteiger partial charge is 0.303 e. The summed E-state index contributed by atoms with van der Waals surface area (Å²) in [6.45, 7) is 2.69. The molecule has 1 aromatic rings. The third kappa shape index (κ3) is 6.69. The van der Waals surface area contributed by atoms with E-state index in [-0.39, 0.29) is 18.9 Å². The molecule has 1 atom stereocenters. The number of nitro groups is 1. The van der Waals surface area contributed by atoms with Gasteiger partial charge in [0.05, 0.1) is 11.5 Å². The van der Waals surface area contributed by atoms with Gasteiger partial charge in [-0.3, -0.25) is 19.7 Å². The number of hydrogen-bond donors (Lipinski definition) is 0. The van der Waals surface area contributed by atoms with Crippen molar-refractivity contribution in [2.45, 2.75) is 26.4 Å². The van der Waals surface area contributed by atoms with Crippen LogP contribution >= 0.6 is 0 Å². The molecule has 0 fully saturated rings. The van der Waals surface area contributed by atoms with Crippen LogP contribution in [-0.4, -0.2) is 36.2 Å². The highest BCUT2D eigenvalue weighted by atomic mass is 16.6. The van der Waals surface area contributed by atoms with E-state index in [0.29, 0.717) is 12.2 Å². The molecule has 0 aromatic heterocycles. The maximum Gasteiger partial charge on any atom is 0.303 e. The van der Waals surface area contributed by atoms with Crippen LogP contribution in [-0.2, 0) is 19.1 Å². The number of carbonyl (C=O) groups is 2. The number of non-ortho nitro benzene ring substituents is 1. The summed E-state index contributed by atoms with van der Waals surface area (Å²) in [6.07, 6.45) is -0.274. The highest BCUT2D eigenvalue weighted by Gasteiger charge is 2.14. The average molecular weight is 311 g/mol. The molecule has 0 heterocycles. The minimum atomic E-state index is -0.598. The summed E-state index contributed by atoms with van der Waals surface area (Å²) in [6, 6.07) is 5.62. The van der Waals surface area contributed by atoms with Crippen LogP contribution in [0.5, 0.6) is 5.75 Å². The first-order chi connectivity index (χ1) is 10.4. The molecular weight excluding hydrogens is 294 g/mol. The molecule has 0 amide bonds. The van der Waals surface area contributed by atoms with Crippen LogP contribution in [0.25, 0.3) is 0 Å². The lowest BCUT2D eigenvalue weighted by Gasteiger charge is -2.16. The SMILES string of the molecule is CC(=O)OC[C@H](CCOc1ccc([N+](=O)[O-])cc1)OC(C)=O. The largest absolute Gasteiger partial charge is 0.493 e. The fourth-order valence-corrected chi connectivity index (χ4v) is 1.59. The number of benzene rings is 1. The maximum atomic E-state index is 11.0. The molecule has 1 rings (SSSR count). The topological polar surface area (TPSA) is 105 Å². The normalized spacial score (nSPS) is 11.4. The Hall–Kier alpha value is -2.64. The predicted molar refractivity (Wildman–Crippen MR) is 75.4 cm³/mol. The quantitative estimate of drug-likeness (QED) is 0.410. The van der Waals surface area contributed by atoms with E-state index in [1.54, 1.807) is 0 Å². The van der Waals surface area contributed by atoms with Crippen LogP contribution in [0, 0.1) is 10.1 Å². The molecule has 0 aliphatic heterocycles. The number of carbonyl (C=O) groups excluding carboxylic acids is 2. The Kier molecular flexibility index (Phi) is 6.81. The van der Waals surface area contributed by atoms with Gasteiger partial charge >= 0.3 is 11.9 Å². The van der Waals surface area contributed by atoms with Crippen molar-refractivity contribution in [2.24, 2.45) is 0 Å². The van der Waals surface area contributed by atoms with Crippen LogP contribution in [0.3, 0.4) is 0 Å². The molecule has 120 valence electrons. The van der Waals surface area contributed by atoms with Crippen LogP contribution in [0.2, 0.25) is 0 Å². The molecule has 0 bridgehead atoms. The number of nitro benzene ring substituents is 1. The van der Waals surface area contributed by atoms with Crippen molar-refractivity contribution >= 4 is 17.6 Å². The van der Waals surface area contributed by atoms with Crippen molar-refractivity contribution in [3.63, 3.8) is 0 Å². The zero-order chi connectivity index (χ0) is 16.5. The molecule has 0 saturated carbocycles. The highest BCUT2D eigenvalue weighted by Crippen LogP contribution is 2.17. The monoisotopic (exact) mass is 311 g/mol. The fraction of sp³-hybridized carbons (Fsp3) is 0.429. The van der Waals surface area contributed by atoms with E-state index in [2.05, 4.69) is 0 Å². The first-order valence-corrected chi connectivity index (χ1v) is 6.56. The summed E-state index contributed by atoms with van der Waals surface area (Å²) in [5.74, 6) is -0.486. The minimum Gasteiger partial charge on any atom is -0.493 e. The molecule has 0 aliphatic carbocycles. The van der Waals surface area contributed by atoms with Gasteiger partial charge in [0, 0.05) is 32.4 Å².